The summed E-state index contributed by atoms with van der Waals surface area (Å²) in [6, 6.07) is 11.8. The summed E-state index contributed by atoms with van der Waals surface area (Å²) >= 11 is 0. The molecular weight excluding hydrogens is 252 g/mol. The summed E-state index contributed by atoms with van der Waals surface area (Å²) in [5.41, 5.74) is 1.47. The first-order chi connectivity index (χ1) is 9.44. The number of hydrogen-bond acceptors (Lipinski definition) is 3. The van der Waals surface area contributed by atoms with Gasteiger partial charge in [-0.1, -0.05) is 18.2 Å². The molecule has 0 N–H and O–H groups in total. The molecule has 20 heavy (non-hydrogen) atoms. The molecular formula is C16H20N2O2. The van der Waals surface area contributed by atoms with Crippen molar-refractivity contribution in [2.75, 3.05) is 0 Å². The van der Waals surface area contributed by atoms with Gasteiger partial charge in [-0.3, -0.25) is 4.79 Å². The lowest BCUT2D eigenvalue weighted by Gasteiger charge is -2.19. The molecule has 0 aliphatic heterocycles. The summed E-state index contributed by atoms with van der Waals surface area (Å²) < 4.78 is 7.09. The summed E-state index contributed by atoms with van der Waals surface area (Å²) in [6.07, 6.45) is 2.84. The van der Waals surface area contributed by atoms with E-state index in [-0.39, 0.29) is 5.97 Å². The van der Waals surface area contributed by atoms with Crippen LogP contribution in [0.2, 0.25) is 0 Å². The molecule has 1 heterocycles. The fourth-order valence-electron chi connectivity index (χ4n) is 1.84. The minimum Gasteiger partial charge on any atom is -0.460 e. The van der Waals surface area contributed by atoms with Gasteiger partial charge in [0.1, 0.15) is 5.60 Å². The Labute approximate surface area is 119 Å². The van der Waals surface area contributed by atoms with Gasteiger partial charge in [0, 0.05) is 12.6 Å². The second-order valence-corrected chi connectivity index (χ2v) is 5.67. The number of aryl methyl sites for hydroxylation is 1. The number of carbonyl (C=O) groups excluding carboxylic acids is 1. The second kappa shape index (κ2) is 5.90. The highest BCUT2D eigenvalue weighted by atomic mass is 16.6. The minimum absolute atomic E-state index is 0.188. The van der Waals surface area contributed by atoms with Crippen molar-refractivity contribution in [3.8, 4) is 5.69 Å². The lowest BCUT2D eigenvalue weighted by molar-refractivity contribution is -0.154. The average Bonchev–Trinajstić information content (AvgIpc) is 2.84. The van der Waals surface area contributed by atoms with E-state index in [1.54, 1.807) is 0 Å². The zero-order valence-electron chi connectivity index (χ0n) is 12.2. The first-order valence-corrected chi connectivity index (χ1v) is 6.76. The average molecular weight is 272 g/mol. The number of rotatable bonds is 4. The molecule has 4 heteroatoms. The van der Waals surface area contributed by atoms with Crippen molar-refractivity contribution in [3.63, 3.8) is 0 Å². The number of para-hydroxylation sites is 1. The van der Waals surface area contributed by atoms with Gasteiger partial charge in [0.2, 0.25) is 0 Å². The monoisotopic (exact) mass is 272 g/mol. The fraction of sp³-hybridized carbons (Fsp3) is 0.375. The SMILES string of the molecule is CC(C)(C)OC(=O)CCc1ccn(-c2ccccc2)n1. The molecule has 0 amide bonds. The van der Waals surface area contributed by atoms with Gasteiger partial charge in [0.05, 0.1) is 17.8 Å². The van der Waals surface area contributed by atoms with E-state index in [1.165, 1.54) is 0 Å². The zero-order chi connectivity index (χ0) is 14.6. The van der Waals surface area contributed by atoms with Gasteiger partial charge in [-0.15, -0.1) is 0 Å². The first-order valence-electron chi connectivity index (χ1n) is 6.76. The number of nitrogens with zero attached hydrogens (tertiary/aromatic N) is 2. The number of benzene rings is 1. The molecule has 2 aromatic rings. The van der Waals surface area contributed by atoms with Crippen LogP contribution in [0.3, 0.4) is 0 Å². The van der Waals surface area contributed by atoms with E-state index in [0.717, 1.165) is 11.4 Å². The van der Waals surface area contributed by atoms with Crippen molar-refractivity contribution in [2.45, 2.75) is 39.2 Å². The third-order valence-electron chi connectivity index (χ3n) is 2.67. The Balaban J connectivity index is 1.92. The van der Waals surface area contributed by atoms with Gasteiger partial charge < -0.3 is 4.74 Å². The van der Waals surface area contributed by atoms with Crippen LogP contribution in [0.25, 0.3) is 5.69 Å². The third kappa shape index (κ3) is 4.23. The Morgan fingerprint density at radius 3 is 2.55 bits per heavy atom. The summed E-state index contributed by atoms with van der Waals surface area (Å²) in [7, 11) is 0. The molecule has 106 valence electrons. The Morgan fingerprint density at radius 2 is 1.90 bits per heavy atom. The molecule has 0 saturated heterocycles. The maximum Gasteiger partial charge on any atom is 0.306 e. The smallest absolute Gasteiger partial charge is 0.306 e. The van der Waals surface area contributed by atoms with E-state index in [1.807, 2.05) is 68.0 Å². The Kier molecular flexibility index (Phi) is 4.23. The normalized spacial score (nSPS) is 11.3. The van der Waals surface area contributed by atoms with Crippen LogP contribution in [0.1, 0.15) is 32.9 Å². The van der Waals surface area contributed by atoms with E-state index in [0.29, 0.717) is 12.8 Å². The lowest BCUT2D eigenvalue weighted by atomic mass is 10.2. The molecule has 2 rings (SSSR count). The highest BCUT2D eigenvalue weighted by molar-refractivity contribution is 5.70. The molecule has 1 aromatic heterocycles. The predicted octanol–water partition coefficient (Wildman–Crippen LogP) is 3.15. The van der Waals surface area contributed by atoms with Gasteiger partial charge >= 0.3 is 5.97 Å². The summed E-state index contributed by atoms with van der Waals surface area (Å²) in [5, 5.41) is 4.46. The topological polar surface area (TPSA) is 44.1 Å². The molecule has 0 atom stereocenters. The van der Waals surface area contributed by atoms with E-state index < -0.39 is 5.60 Å². The maximum atomic E-state index is 11.7. The molecule has 0 bridgehead atoms. The van der Waals surface area contributed by atoms with Gasteiger partial charge in [-0.25, -0.2) is 4.68 Å². The molecule has 0 spiro atoms. The molecule has 0 radical (unpaired) electrons. The standard InChI is InChI=1S/C16H20N2O2/c1-16(2,3)20-15(19)10-9-13-11-12-18(17-13)14-7-5-4-6-8-14/h4-8,11-12H,9-10H2,1-3H3. The molecule has 1 aromatic carbocycles. The first kappa shape index (κ1) is 14.3. The van der Waals surface area contributed by atoms with Crippen LogP contribution in [0.15, 0.2) is 42.6 Å². The van der Waals surface area contributed by atoms with Crippen LogP contribution in [-0.2, 0) is 16.0 Å². The zero-order valence-corrected chi connectivity index (χ0v) is 12.2. The van der Waals surface area contributed by atoms with Crippen molar-refractivity contribution in [1.82, 2.24) is 9.78 Å². The number of ether oxygens (including phenoxy) is 1. The van der Waals surface area contributed by atoms with Crippen LogP contribution in [0.5, 0.6) is 0 Å². The fourth-order valence-corrected chi connectivity index (χ4v) is 1.84. The Morgan fingerprint density at radius 1 is 1.20 bits per heavy atom. The second-order valence-electron chi connectivity index (χ2n) is 5.67. The van der Waals surface area contributed by atoms with Crippen LogP contribution in [0.4, 0.5) is 0 Å². The number of esters is 1. The van der Waals surface area contributed by atoms with Crippen LogP contribution in [0, 0.1) is 0 Å². The van der Waals surface area contributed by atoms with Crippen molar-refractivity contribution < 1.29 is 9.53 Å². The molecule has 4 nitrogen and oxygen atoms in total. The van der Waals surface area contributed by atoms with Gasteiger partial charge in [-0.2, -0.15) is 5.10 Å². The molecule has 0 fully saturated rings. The minimum atomic E-state index is -0.430. The van der Waals surface area contributed by atoms with Gasteiger partial charge in [-0.05, 0) is 39.0 Å². The number of hydrogen-bond donors (Lipinski definition) is 0. The van der Waals surface area contributed by atoms with E-state index >= 15 is 0 Å². The highest BCUT2D eigenvalue weighted by Gasteiger charge is 2.16. The van der Waals surface area contributed by atoms with Gasteiger partial charge in [0.25, 0.3) is 0 Å². The Hall–Kier alpha value is -2.10. The maximum absolute atomic E-state index is 11.7. The van der Waals surface area contributed by atoms with Crippen LogP contribution < -0.4 is 0 Å². The van der Waals surface area contributed by atoms with E-state index in [4.69, 9.17) is 4.74 Å². The van der Waals surface area contributed by atoms with E-state index in [9.17, 15) is 4.79 Å². The number of carbonyl (C=O) groups is 1. The largest absolute Gasteiger partial charge is 0.460 e. The third-order valence-corrected chi connectivity index (χ3v) is 2.67. The number of aromatic nitrogens is 2. The summed E-state index contributed by atoms with van der Waals surface area (Å²) in [5.74, 6) is -0.188. The predicted molar refractivity (Wildman–Crippen MR) is 77.7 cm³/mol. The molecule has 0 saturated carbocycles. The summed E-state index contributed by atoms with van der Waals surface area (Å²) in [6.45, 7) is 5.61. The van der Waals surface area contributed by atoms with E-state index in [2.05, 4.69) is 5.10 Å². The van der Waals surface area contributed by atoms with Crippen molar-refractivity contribution >= 4 is 5.97 Å². The van der Waals surface area contributed by atoms with Crippen LogP contribution in [-0.4, -0.2) is 21.4 Å². The summed E-state index contributed by atoms with van der Waals surface area (Å²) in [4.78, 5) is 11.7. The quantitative estimate of drug-likeness (QED) is 0.803. The van der Waals surface area contributed by atoms with Crippen molar-refractivity contribution in [3.05, 3.63) is 48.3 Å². The van der Waals surface area contributed by atoms with Crippen molar-refractivity contribution in [2.24, 2.45) is 0 Å². The molecule has 0 aliphatic carbocycles. The highest BCUT2D eigenvalue weighted by Crippen LogP contribution is 2.11. The van der Waals surface area contributed by atoms with Crippen molar-refractivity contribution in [1.29, 1.82) is 0 Å². The molecule has 0 unspecified atom stereocenters. The lowest BCUT2D eigenvalue weighted by Crippen LogP contribution is -2.24. The van der Waals surface area contributed by atoms with Crippen LogP contribution >= 0.6 is 0 Å². The molecule has 0 aliphatic rings. The van der Waals surface area contributed by atoms with Gasteiger partial charge in [0.15, 0.2) is 0 Å². The Bertz CT molecular complexity index is 568.